The average Bonchev–Trinajstić information content (AvgIpc) is 2.47. The number of rotatable bonds is 3. The molecule has 0 spiro atoms. The maximum absolute atomic E-state index is 12.1. The highest BCUT2D eigenvalue weighted by Crippen LogP contribution is 2.22. The van der Waals surface area contributed by atoms with Gasteiger partial charge in [-0.2, -0.15) is 0 Å². The summed E-state index contributed by atoms with van der Waals surface area (Å²) in [6, 6.07) is 4.64. The van der Waals surface area contributed by atoms with Gasteiger partial charge in [0.1, 0.15) is 0 Å². The Morgan fingerprint density at radius 1 is 1.33 bits per heavy atom. The third-order valence-electron chi connectivity index (χ3n) is 3.59. The summed E-state index contributed by atoms with van der Waals surface area (Å²) in [5, 5.41) is 3.34. The molecule has 1 aliphatic rings. The highest BCUT2D eigenvalue weighted by molar-refractivity contribution is 6.42. The Labute approximate surface area is 134 Å². The van der Waals surface area contributed by atoms with Gasteiger partial charge in [0.15, 0.2) is 0 Å². The van der Waals surface area contributed by atoms with Crippen LogP contribution in [0.2, 0.25) is 10.0 Å². The molecule has 1 aromatic rings. The van der Waals surface area contributed by atoms with Gasteiger partial charge in [0.2, 0.25) is 5.91 Å². The second-order valence-corrected chi connectivity index (χ2v) is 6.21. The van der Waals surface area contributed by atoms with Crippen LogP contribution in [0.25, 0.3) is 0 Å². The molecule has 0 aromatic heterocycles. The standard InChI is InChI=1S/C15H18Cl2N2O2/c1-10-3-2-6-19(9-10)14(20)8-18-15(21)11-4-5-12(16)13(17)7-11/h4-5,7,10H,2-3,6,8-9H2,1H3,(H,18,21). The third kappa shape index (κ3) is 4.35. The van der Waals surface area contributed by atoms with Gasteiger partial charge < -0.3 is 10.2 Å². The van der Waals surface area contributed by atoms with Gasteiger partial charge in [-0.15, -0.1) is 0 Å². The fourth-order valence-corrected chi connectivity index (χ4v) is 2.72. The number of hydrogen-bond acceptors (Lipinski definition) is 2. The van der Waals surface area contributed by atoms with Crippen molar-refractivity contribution in [2.45, 2.75) is 19.8 Å². The van der Waals surface area contributed by atoms with Crippen LogP contribution in [-0.2, 0) is 4.79 Å². The number of carbonyl (C=O) groups excluding carboxylic acids is 2. The van der Waals surface area contributed by atoms with Gasteiger partial charge in [-0.05, 0) is 37.0 Å². The van der Waals surface area contributed by atoms with Gasteiger partial charge in [0.25, 0.3) is 5.91 Å². The molecule has 0 bridgehead atoms. The first-order valence-electron chi connectivity index (χ1n) is 6.98. The molecule has 1 atom stereocenters. The van der Waals surface area contributed by atoms with E-state index < -0.39 is 0 Å². The van der Waals surface area contributed by atoms with Crippen molar-refractivity contribution >= 4 is 35.0 Å². The summed E-state index contributed by atoms with van der Waals surface area (Å²) in [5.74, 6) is 0.149. The lowest BCUT2D eigenvalue weighted by molar-refractivity contribution is -0.131. The molecule has 0 radical (unpaired) electrons. The number of likely N-dealkylation sites (tertiary alicyclic amines) is 1. The van der Waals surface area contributed by atoms with E-state index in [4.69, 9.17) is 23.2 Å². The maximum atomic E-state index is 12.1. The maximum Gasteiger partial charge on any atom is 0.251 e. The monoisotopic (exact) mass is 328 g/mol. The molecular formula is C15H18Cl2N2O2. The van der Waals surface area contributed by atoms with Crippen molar-refractivity contribution in [1.82, 2.24) is 10.2 Å². The van der Waals surface area contributed by atoms with E-state index in [0.29, 0.717) is 21.5 Å². The van der Waals surface area contributed by atoms with Crippen molar-refractivity contribution in [1.29, 1.82) is 0 Å². The largest absolute Gasteiger partial charge is 0.343 e. The summed E-state index contributed by atoms with van der Waals surface area (Å²) in [6.07, 6.45) is 2.17. The van der Waals surface area contributed by atoms with E-state index in [0.717, 1.165) is 25.9 Å². The van der Waals surface area contributed by atoms with Gasteiger partial charge >= 0.3 is 0 Å². The second-order valence-electron chi connectivity index (χ2n) is 5.40. The van der Waals surface area contributed by atoms with Gasteiger partial charge in [0.05, 0.1) is 16.6 Å². The molecule has 1 N–H and O–H groups in total. The Bertz CT molecular complexity index is 548. The summed E-state index contributed by atoms with van der Waals surface area (Å²) in [4.78, 5) is 25.8. The lowest BCUT2D eigenvalue weighted by Gasteiger charge is -2.31. The molecule has 0 aliphatic carbocycles. The van der Waals surface area contributed by atoms with Gasteiger partial charge in [-0.25, -0.2) is 0 Å². The minimum absolute atomic E-state index is 0.00575. The summed E-state index contributed by atoms with van der Waals surface area (Å²) >= 11 is 11.7. The Morgan fingerprint density at radius 2 is 2.10 bits per heavy atom. The third-order valence-corrected chi connectivity index (χ3v) is 4.33. The van der Waals surface area contributed by atoms with Crippen LogP contribution in [0, 0.1) is 5.92 Å². The zero-order valence-corrected chi connectivity index (χ0v) is 13.4. The fourth-order valence-electron chi connectivity index (χ4n) is 2.42. The first kappa shape index (κ1) is 16.1. The molecule has 2 amide bonds. The molecule has 1 aliphatic heterocycles. The number of nitrogens with one attached hydrogen (secondary N) is 1. The van der Waals surface area contributed by atoms with Crippen molar-refractivity contribution in [3.63, 3.8) is 0 Å². The zero-order chi connectivity index (χ0) is 15.4. The van der Waals surface area contributed by atoms with E-state index in [1.54, 1.807) is 12.1 Å². The van der Waals surface area contributed by atoms with Crippen LogP contribution in [0.5, 0.6) is 0 Å². The quantitative estimate of drug-likeness (QED) is 0.927. The molecule has 2 rings (SSSR count). The Kier molecular flexibility index (Phi) is 5.48. The minimum atomic E-state index is -0.327. The van der Waals surface area contributed by atoms with Gasteiger partial charge in [-0.1, -0.05) is 30.1 Å². The summed E-state index contributed by atoms with van der Waals surface area (Å²) < 4.78 is 0. The molecule has 1 unspecified atom stereocenters. The second kappa shape index (κ2) is 7.14. The summed E-state index contributed by atoms with van der Waals surface area (Å²) in [7, 11) is 0. The van der Waals surface area contributed by atoms with Crippen LogP contribution in [-0.4, -0.2) is 36.3 Å². The Morgan fingerprint density at radius 3 is 2.76 bits per heavy atom. The number of amides is 2. The Balaban J connectivity index is 1.88. The van der Waals surface area contributed by atoms with Crippen LogP contribution in [0.4, 0.5) is 0 Å². The Hall–Kier alpha value is -1.26. The number of halogens is 2. The summed E-state index contributed by atoms with van der Waals surface area (Å²) in [6.45, 7) is 3.67. The number of nitrogens with zero attached hydrogens (tertiary/aromatic N) is 1. The normalized spacial score (nSPS) is 18.4. The fraction of sp³-hybridized carbons (Fsp3) is 0.467. The van der Waals surface area contributed by atoms with Crippen molar-refractivity contribution in [2.24, 2.45) is 5.92 Å². The van der Waals surface area contributed by atoms with Crippen LogP contribution < -0.4 is 5.32 Å². The molecule has 1 aromatic carbocycles. The van der Waals surface area contributed by atoms with Crippen LogP contribution in [0.15, 0.2) is 18.2 Å². The number of benzene rings is 1. The molecule has 6 heteroatoms. The van der Waals surface area contributed by atoms with Crippen molar-refractivity contribution in [3.05, 3.63) is 33.8 Å². The van der Waals surface area contributed by atoms with Crippen molar-refractivity contribution in [3.8, 4) is 0 Å². The van der Waals surface area contributed by atoms with E-state index in [9.17, 15) is 9.59 Å². The predicted octanol–water partition coefficient (Wildman–Crippen LogP) is 2.98. The highest BCUT2D eigenvalue weighted by Gasteiger charge is 2.21. The molecule has 114 valence electrons. The summed E-state index contributed by atoms with van der Waals surface area (Å²) in [5.41, 5.74) is 0.393. The van der Waals surface area contributed by atoms with Crippen LogP contribution in [0.1, 0.15) is 30.1 Å². The molecule has 4 nitrogen and oxygen atoms in total. The number of carbonyl (C=O) groups is 2. The van der Waals surface area contributed by atoms with Crippen molar-refractivity contribution in [2.75, 3.05) is 19.6 Å². The van der Waals surface area contributed by atoms with E-state index in [1.165, 1.54) is 6.07 Å². The topological polar surface area (TPSA) is 49.4 Å². The van der Waals surface area contributed by atoms with E-state index in [1.807, 2.05) is 4.90 Å². The van der Waals surface area contributed by atoms with E-state index >= 15 is 0 Å². The average molecular weight is 329 g/mol. The first-order chi connectivity index (χ1) is 9.97. The highest BCUT2D eigenvalue weighted by atomic mass is 35.5. The zero-order valence-electron chi connectivity index (χ0n) is 11.9. The molecule has 1 heterocycles. The lowest BCUT2D eigenvalue weighted by atomic mass is 10.0. The van der Waals surface area contributed by atoms with Gasteiger partial charge in [-0.3, -0.25) is 9.59 Å². The van der Waals surface area contributed by atoms with Crippen molar-refractivity contribution < 1.29 is 9.59 Å². The van der Waals surface area contributed by atoms with E-state index in [2.05, 4.69) is 12.2 Å². The van der Waals surface area contributed by atoms with Gasteiger partial charge in [0, 0.05) is 18.7 Å². The number of hydrogen-bond donors (Lipinski definition) is 1. The molecule has 1 saturated heterocycles. The predicted molar refractivity (Wildman–Crippen MR) is 83.8 cm³/mol. The molecular weight excluding hydrogens is 311 g/mol. The first-order valence-corrected chi connectivity index (χ1v) is 7.74. The SMILES string of the molecule is CC1CCCN(C(=O)CNC(=O)c2ccc(Cl)c(Cl)c2)C1. The molecule has 21 heavy (non-hydrogen) atoms. The number of piperidine rings is 1. The van der Waals surface area contributed by atoms with Crippen LogP contribution >= 0.6 is 23.2 Å². The van der Waals surface area contributed by atoms with Crippen LogP contribution in [0.3, 0.4) is 0 Å². The molecule has 1 fully saturated rings. The smallest absolute Gasteiger partial charge is 0.251 e. The lowest BCUT2D eigenvalue weighted by Crippen LogP contribution is -2.44. The minimum Gasteiger partial charge on any atom is -0.343 e. The van der Waals surface area contributed by atoms with E-state index in [-0.39, 0.29) is 18.4 Å². The molecule has 0 saturated carbocycles.